The lowest BCUT2D eigenvalue weighted by Crippen LogP contribution is -2.10. The summed E-state index contributed by atoms with van der Waals surface area (Å²) in [5, 5.41) is 19.3. The van der Waals surface area contributed by atoms with Crippen LogP contribution in [0.25, 0.3) is 21.9 Å². The fourth-order valence-electron chi connectivity index (χ4n) is 4.35. The van der Waals surface area contributed by atoms with Gasteiger partial charge < -0.3 is 35.3 Å². The number of ether oxygens (including phenoxy) is 1. The highest BCUT2D eigenvalue weighted by molar-refractivity contribution is 6.09. The van der Waals surface area contributed by atoms with Crippen LogP contribution in [0.4, 0.5) is 17.6 Å². The predicted molar refractivity (Wildman–Crippen MR) is 152 cm³/mol. The summed E-state index contributed by atoms with van der Waals surface area (Å²) in [4.78, 5) is 9.19. The molecular weight excluding hydrogens is 482 g/mol. The third-order valence-electron chi connectivity index (χ3n) is 6.03. The first-order valence-electron chi connectivity index (χ1n) is 12.8. The number of fused-ring (bicyclic) bond motifs is 3. The van der Waals surface area contributed by atoms with E-state index in [9.17, 15) is 0 Å². The number of anilines is 3. The van der Waals surface area contributed by atoms with Gasteiger partial charge in [0.1, 0.15) is 23.0 Å². The highest BCUT2D eigenvalue weighted by Gasteiger charge is 2.19. The summed E-state index contributed by atoms with van der Waals surface area (Å²) in [5.74, 6) is 2.53. The summed E-state index contributed by atoms with van der Waals surface area (Å²) in [6.45, 7) is 6.11. The number of methoxy groups -OCH3 is 1. The van der Waals surface area contributed by atoms with Gasteiger partial charge in [0.25, 0.3) is 0 Å². The maximum absolute atomic E-state index is 7.57. The van der Waals surface area contributed by atoms with E-state index in [2.05, 4.69) is 55.4 Å². The highest BCUT2D eigenvalue weighted by Crippen LogP contribution is 2.34. The van der Waals surface area contributed by atoms with Crippen LogP contribution in [-0.2, 0) is 13.1 Å². The fourth-order valence-corrected chi connectivity index (χ4v) is 4.35. The van der Waals surface area contributed by atoms with Crippen molar-refractivity contribution in [1.82, 2.24) is 19.7 Å². The Balaban J connectivity index is 0.00000107. The Labute approximate surface area is 221 Å². The maximum Gasteiger partial charge on any atom is 0.222 e. The third kappa shape index (κ3) is 5.97. The molecular formula is C28H35N7O3. The van der Waals surface area contributed by atoms with E-state index in [-0.39, 0.29) is 12.6 Å². The Hall–Kier alpha value is -4.31. The van der Waals surface area contributed by atoms with E-state index in [1.54, 1.807) is 26.4 Å². The highest BCUT2D eigenvalue weighted by atomic mass is 16.5. The molecule has 2 aromatic carbocycles. The molecule has 0 saturated heterocycles. The second-order valence-corrected chi connectivity index (χ2v) is 8.71. The molecule has 0 unspecified atom stereocenters. The van der Waals surface area contributed by atoms with Crippen molar-refractivity contribution in [3.63, 3.8) is 0 Å². The largest absolute Gasteiger partial charge is 0.496 e. The summed E-state index contributed by atoms with van der Waals surface area (Å²) in [6, 6.07) is 16.2. The number of rotatable bonds is 10. The number of nitrogens with zero attached hydrogens (tertiary/aromatic N) is 4. The van der Waals surface area contributed by atoms with Crippen LogP contribution < -0.4 is 21.1 Å². The molecule has 0 radical (unpaired) electrons. The van der Waals surface area contributed by atoms with E-state index in [1.165, 1.54) is 0 Å². The molecule has 0 aliphatic heterocycles. The van der Waals surface area contributed by atoms with Crippen molar-refractivity contribution in [1.29, 1.82) is 0 Å². The van der Waals surface area contributed by atoms with Crippen LogP contribution >= 0.6 is 0 Å². The molecule has 38 heavy (non-hydrogen) atoms. The average Bonchev–Trinajstić information content (AvgIpc) is 3.55. The molecule has 0 atom stereocenters. The number of nitrogens with one attached hydrogen (secondary N) is 2. The van der Waals surface area contributed by atoms with Crippen LogP contribution in [0.3, 0.4) is 0 Å². The molecule has 3 aromatic heterocycles. The molecule has 5 N–H and O–H groups in total. The Kier molecular flexibility index (Phi) is 8.99. The molecule has 0 saturated carbocycles. The maximum atomic E-state index is 7.57. The monoisotopic (exact) mass is 517 g/mol. The number of hydrogen-bond acceptors (Lipinski definition) is 9. The minimum Gasteiger partial charge on any atom is -0.496 e. The minimum atomic E-state index is 0.250. The van der Waals surface area contributed by atoms with E-state index in [0.717, 1.165) is 64.0 Å². The van der Waals surface area contributed by atoms with E-state index < -0.39 is 0 Å². The summed E-state index contributed by atoms with van der Waals surface area (Å²) < 4.78 is 12.9. The summed E-state index contributed by atoms with van der Waals surface area (Å²) in [5.41, 5.74) is 11.1. The topological polar surface area (TPSA) is 136 Å². The average molecular weight is 518 g/mol. The van der Waals surface area contributed by atoms with Gasteiger partial charge in [-0.05, 0) is 37.1 Å². The molecule has 0 aliphatic rings. The third-order valence-corrected chi connectivity index (χ3v) is 6.03. The van der Waals surface area contributed by atoms with Gasteiger partial charge in [-0.25, -0.2) is 4.98 Å². The molecule has 0 amide bonds. The van der Waals surface area contributed by atoms with Crippen LogP contribution in [0.1, 0.15) is 37.8 Å². The lowest BCUT2D eigenvalue weighted by Gasteiger charge is -2.15. The first kappa shape index (κ1) is 26.7. The van der Waals surface area contributed by atoms with Gasteiger partial charge in [-0.15, -0.1) is 0 Å². The minimum absolute atomic E-state index is 0.250. The van der Waals surface area contributed by atoms with Gasteiger partial charge in [0, 0.05) is 36.7 Å². The van der Waals surface area contributed by atoms with E-state index >= 15 is 0 Å². The van der Waals surface area contributed by atoms with Crippen LogP contribution in [0.5, 0.6) is 5.75 Å². The first-order chi connectivity index (χ1) is 18.6. The van der Waals surface area contributed by atoms with Crippen molar-refractivity contribution in [3.8, 4) is 5.75 Å². The van der Waals surface area contributed by atoms with Crippen LogP contribution in [0, 0.1) is 0 Å². The summed E-state index contributed by atoms with van der Waals surface area (Å²) in [6.07, 6.45) is 3.68. The van der Waals surface area contributed by atoms with Gasteiger partial charge in [0.05, 0.1) is 19.2 Å². The normalized spacial score (nSPS) is 10.8. The van der Waals surface area contributed by atoms with Crippen molar-refractivity contribution < 1.29 is 14.4 Å². The molecule has 0 aliphatic carbocycles. The summed E-state index contributed by atoms with van der Waals surface area (Å²) in [7, 11) is 1.69. The number of hydrogen-bond donors (Lipinski definition) is 4. The second kappa shape index (κ2) is 12.8. The summed E-state index contributed by atoms with van der Waals surface area (Å²) >= 11 is 0. The number of para-hydroxylation sites is 1. The van der Waals surface area contributed by atoms with E-state index in [4.69, 9.17) is 20.1 Å². The lowest BCUT2D eigenvalue weighted by molar-refractivity contribution is 0.318. The first-order valence-corrected chi connectivity index (χ1v) is 12.8. The fraction of sp³-hybridized carbons (Fsp3) is 0.321. The molecule has 0 bridgehead atoms. The zero-order chi connectivity index (χ0) is 26.9. The van der Waals surface area contributed by atoms with E-state index in [0.29, 0.717) is 18.9 Å². The number of nitrogen functional groups attached to an aromatic ring is 1. The van der Waals surface area contributed by atoms with Crippen molar-refractivity contribution in [2.24, 2.45) is 0 Å². The SMILES string of the molecule is CCCCNc1nc(N)nc2c3ccccc3n(Cc3cc(CNc4ccon4)ccc3OC)c12.CCO. The van der Waals surface area contributed by atoms with Gasteiger partial charge in [-0.3, -0.25) is 0 Å². The molecule has 0 fully saturated rings. The Bertz CT molecular complexity index is 1460. The van der Waals surface area contributed by atoms with Gasteiger partial charge >= 0.3 is 0 Å². The number of aliphatic hydroxyl groups is 1. The molecule has 10 heteroatoms. The van der Waals surface area contributed by atoms with Crippen molar-refractivity contribution in [3.05, 3.63) is 65.9 Å². The Morgan fingerprint density at radius 1 is 1.08 bits per heavy atom. The number of unbranched alkanes of at least 4 members (excludes halogenated alkanes) is 1. The number of aliphatic hydroxyl groups excluding tert-OH is 1. The van der Waals surface area contributed by atoms with Crippen molar-refractivity contribution in [2.75, 3.05) is 36.6 Å². The van der Waals surface area contributed by atoms with Crippen molar-refractivity contribution in [2.45, 2.75) is 39.8 Å². The zero-order valence-electron chi connectivity index (χ0n) is 22.1. The van der Waals surface area contributed by atoms with Crippen LogP contribution in [-0.4, -0.2) is 45.1 Å². The molecule has 0 spiro atoms. The molecule has 200 valence electrons. The lowest BCUT2D eigenvalue weighted by atomic mass is 10.1. The van der Waals surface area contributed by atoms with Crippen LogP contribution in [0.2, 0.25) is 0 Å². The Morgan fingerprint density at radius 3 is 2.63 bits per heavy atom. The van der Waals surface area contributed by atoms with Crippen molar-refractivity contribution >= 4 is 39.5 Å². The Morgan fingerprint density at radius 2 is 1.89 bits per heavy atom. The molecule has 5 rings (SSSR count). The molecule has 10 nitrogen and oxygen atoms in total. The van der Waals surface area contributed by atoms with Gasteiger partial charge in [-0.2, -0.15) is 4.98 Å². The standard InChI is InChI=1S/C26H29N7O2.C2H6O/c1-3-4-12-28-25-24-23(30-26(27)31-25)19-7-5-6-8-20(19)33(24)16-18-14-17(9-10-21(18)34-2)15-29-22-11-13-35-32-22;1-2-3/h5-11,13-14H,3-4,12,15-16H2,1-2H3,(H,29,32)(H3,27,28,30,31);3H,2H2,1H3. The number of benzene rings is 2. The predicted octanol–water partition coefficient (Wildman–Crippen LogP) is 5.03. The van der Waals surface area contributed by atoms with Gasteiger partial charge in [0.2, 0.25) is 5.95 Å². The van der Waals surface area contributed by atoms with Gasteiger partial charge in [0.15, 0.2) is 11.6 Å². The quantitative estimate of drug-likeness (QED) is 0.188. The van der Waals surface area contributed by atoms with E-state index in [1.807, 2.05) is 24.3 Å². The van der Waals surface area contributed by atoms with Crippen LogP contribution in [0.15, 0.2) is 59.3 Å². The number of aromatic nitrogens is 4. The molecule has 5 aromatic rings. The van der Waals surface area contributed by atoms with Gasteiger partial charge in [-0.1, -0.05) is 42.8 Å². The zero-order valence-corrected chi connectivity index (χ0v) is 22.1. The smallest absolute Gasteiger partial charge is 0.222 e. The number of nitrogens with two attached hydrogens (primary N) is 1. The second-order valence-electron chi connectivity index (χ2n) is 8.71. The molecule has 3 heterocycles.